The highest BCUT2D eigenvalue weighted by Gasteiger charge is 2.09. The fourth-order valence-electron chi connectivity index (χ4n) is 1.31. The van der Waals surface area contributed by atoms with Crippen molar-refractivity contribution < 1.29 is 0 Å². The van der Waals surface area contributed by atoms with E-state index < -0.39 is 0 Å². The zero-order valence-corrected chi connectivity index (χ0v) is 8.80. The number of thioether (sulfide) groups is 2. The van der Waals surface area contributed by atoms with Gasteiger partial charge in [-0.15, -0.1) is 23.5 Å². The van der Waals surface area contributed by atoms with Crippen LogP contribution in [0, 0.1) is 0 Å². The maximum absolute atomic E-state index is 2.34. The van der Waals surface area contributed by atoms with Crippen molar-refractivity contribution in [3.05, 3.63) is 23.8 Å². The molecule has 64 valence electrons. The first-order chi connectivity index (χ1) is 5.90. The third-order valence-corrected chi connectivity index (χ3v) is 4.53. The van der Waals surface area contributed by atoms with Crippen molar-refractivity contribution >= 4 is 23.5 Å². The van der Waals surface area contributed by atoms with Crippen molar-refractivity contribution in [1.29, 1.82) is 0 Å². The van der Waals surface area contributed by atoms with Crippen LogP contribution < -0.4 is 0 Å². The van der Waals surface area contributed by atoms with Crippen LogP contribution in [0.3, 0.4) is 0 Å². The van der Waals surface area contributed by atoms with E-state index in [1.54, 1.807) is 0 Å². The van der Waals surface area contributed by atoms with Crippen LogP contribution in [0.1, 0.15) is 12.5 Å². The van der Waals surface area contributed by atoms with Gasteiger partial charge in [-0.05, 0) is 24.1 Å². The van der Waals surface area contributed by atoms with Crippen molar-refractivity contribution in [2.75, 3.05) is 11.5 Å². The summed E-state index contributed by atoms with van der Waals surface area (Å²) in [5.41, 5.74) is 1.46. The molecule has 1 aliphatic heterocycles. The standard InChI is InChI=1S/C10H12S2/c1-2-8-3-4-9-10(7-8)12-6-5-11-9/h3-4,7H,2,5-6H2,1H3. The number of aryl methyl sites for hydroxylation is 1. The monoisotopic (exact) mass is 196 g/mol. The summed E-state index contributed by atoms with van der Waals surface area (Å²) in [7, 11) is 0. The van der Waals surface area contributed by atoms with Crippen LogP contribution in [0.4, 0.5) is 0 Å². The molecule has 0 aromatic heterocycles. The zero-order chi connectivity index (χ0) is 8.39. The summed E-state index contributed by atoms with van der Waals surface area (Å²) in [5.74, 6) is 2.54. The number of benzene rings is 1. The molecule has 0 nitrogen and oxygen atoms in total. The molecule has 0 amide bonds. The molecule has 0 saturated carbocycles. The molecule has 0 atom stereocenters. The Bertz CT molecular complexity index is 281. The lowest BCUT2D eigenvalue weighted by atomic mass is 10.2. The smallest absolute Gasteiger partial charge is 0.0211 e. The average Bonchev–Trinajstić information content (AvgIpc) is 2.17. The van der Waals surface area contributed by atoms with Crippen molar-refractivity contribution in [3.63, 3.8) is 0 Å². The Morgan fingerprint density at radius 1 is 1.17 bits per heavy atom. The number of rotatable bonds is 1. The van der Waals surface area contributed by atoms with Crippen LogP contribution in [-0.2, 0) is 6.42 Å². The molecule has 2 heteroatoms. The van der Waals surface area contributed by atoms with Gasteiger partial charge in [0, 0.05) is 21.3 Å². The second-order valence-corrected chi connectivity index (χ2v) is 5.11. The highest BCUT2D eigenvalue weighted by Crippen LogP contribution is 2.36. The fraction of sp³-hybridized carbons (Fsp3) is 0.400. The molecule has 1 aromatic carbocycles. The van der Waals surface area contributed by atoms with Gasteiger partial charge in [-0.3, -0.25) is 0 Å². The minimum atomic E-state index is 1.15. The second kappa shape index (κ2) is 3.75. The Balaban J connectivity index is 2.36. The maximum Gasteiger partial charge on any atom is 0.0211 e. The van der Waals surface area contributed by atoms with Gasteiger partial charge in [0.05, 0.1) is 0 Å². The molecule has 2 rings (SSSR count). The van der Waals surface area contributed by atoms with Crippen molar-refractivity contribution in [3.8, 4) is 0 Å². The highest BCUT2D eigenvalue weighted by molar-refractivity contribution is 8.05. The van der Waals surface area contributed by atoms with Crippen molar-refractivity contribution in [1.82, 2.24) is 0 Å². The Morgan fingerprint density at radius 3 is 2.67 bits per heavy atom. The summed E-state index contributed by atoms with van der Waals surface area (Å²) in [4.78, 5) is 2.97. The molecule has 0 radical (unpaired) electrons. The van der Waals surface area contributed by atoms with Crippen LogP contribution in [0.5, 0.6) is 0 Å². The molecular formula is C10H12S2. The molecular weight excluding hydrogens is 184 g/mol. The van der Waals surface area contributed by atoms with E-state index in [1.165, 1.54) is 26.9 Å². The molecule has 0 saturated heterocycles. The Labute approximate surface area is 82.1 Å². The number of fused-ring (bicyclic) bond motifs is 1. The quantitative estimate of drug-likeness (QED) is 0.675. The van der Waals surface area contributed by atoms with Gasteiger partial charge in [-0.2, -0.15) is 0 Å². The molecule has 0 spiro atoms. The SMILES string of the molecule is CCc1ccc2c(c1)SCCS2. The summed E-state index contributed by atoms with van der Waals surface area (Å²) in [6.45, 7) is 2.21. The predicted molar refractivity (Wildman–Crippen MR) is 57.3 cm³/mol. The minimum absolute atomic E-state index is 1.15. The van der Waals surface area contributed by atoms with Gasteiger partial charge in [0.1, 0.15) is 0 Å². The first-order valence-electron chi connectivity index (χ1n) is 4.28. The van der Waals surface area contributed by atoms with E-state index in [1.807, 2.05) is 23.5 Å². The topological polar surface area (TPSA) is 0 Å². The Morgan fingerprint density at radius 2 is 1.92 bits per heavy atom. The van der Waals surface area contributed by atoms with Gasteiger partial charge in [0.25, 0.3) is 0 Å². The van der Waals surface area contributed by atoms with Crippen LogP contribution in [0.2, 0.25) is 0 Å². The molecule has 1 aliphatic rings. The van der Waals surface area contributed by atoms with Gasteiger partial charge in [-0.25, -0.2) is 0 Å². The van der Waals surface area contributed by atoms with Crippen LogP contribution >= 0.6 is 23.5 Å². The van der Waals surface area contributed by atoms with Crippen molar-refractivity contribution in [2.24, 2.45) is 0 Å². The lowest BCUT2D eigenvalue weighted by Gasteiger charge is -2.14. The van der Waals surface area contributed by atoms with E-state index in [0.29, 0.717) is 0 Å². The summed E-state index contributed by atoms with van der Waals surface area (Å²) in [5, 5.41) is 0. The van der Waals surface area contributed by atoms with Crippen LogP contribution in [0.15, 0.2) is 28.0 Å². The fourth-order valence-corrected chi connectivity index (χ4v) is 3.58. The highest BCUT2D eigenvalue weighted by atomic mass is 32.2. The Kier molecular flexibility index (Phi) is 2.66. The molecule has 0 unspecified atom stereocenters. The largest absolute Gasteiger partial charge is 0.124 e. The normalized spacial score (nSPS) is 15.8. The lowest BCUT2D eigenvalue weighted by molar-refractivity contribution is 1.09. The summed E-state index contributed by atoms with van der Waals surface area (Å²) in [6.07, 6.45) is 1.15. The Hall–Kier alpha value is -0.0800. The van der Waals surface area contributed by atoms with E-state index in [-0.39, 0.29) is 0 Å². The molecule has 0 aliphatic carbocycles. The third-order valence-electron chi connectivity index (χ3n) is 2.01. The van der Waals surface area contributed by atoms with Crippen LogP contribution in [0.25, 0.3) is 0 Å². The molecule has 12 heavy (non-hydrogen) atoms. The molecule has 1 aromatic rings. The van der Waals surface area contributed by atoms with Gasteiger partial charge < -0.3 is 0 Å². The first kappa shape index (κ1) is 8.52. The average molecular weight is 196 g/mol. The summed E-state index contributed by atoms with van der Waals surface area (Å²) < 4.78 is 0. The molecule has 1 heterocycles. The molecule has 0 N–H and O–H groups in total. The third kappa shape index (κ3) is 1.64. The number of hydrogen-bond acceptors (Lipinski definition) is 2. The lowest BCUT2D eigenvalue weighted by Crippen LogP contribution is -1.94. The van der Waals surface area contributed by atoms with Crippen LogP contribution in [-0.4, -0.2) is 11.5 Å². The van der Waals surface area contributed by atoms with Gasteiger partial charge >= 0.3 is 0 Å². The van der Waals surface area contributed by atoms with E-state index in [2.05, 4.69) is 25.1 Å². The van der Waals surface area contributed by atoms with E-state index in [9.17, 15) is 0 Å². The maximum atomic E-state index is 2.34. The first-order valence-corrected chi connectivity index (χ1v) is 6.26. The predicted octanol–water partition coefficient (Wildman–Crippen LogP) is 3.45. The molecule has 0 bridgehead atoms. The number of hydrogen-bond donors (Lipinski definition) is 0. The van der Waals surface area contributed by atoms with E-state index >= 15 is 0 Å². The van der Waals surface area contributed by atoms with Gasteiger partial charge in [0.2, 0.25) is 0 Å². The summed E-state index contributed by atoms with van der Waals surface area (Å²) in [6, 6.07) is 6.86. The summed E-state index contributed by atoms with van der Waals surface area (Å²) >= 11 is 3.98. The zero-order valence-electron chi connectivity index (χ0n) is 7.17. The molecule has 0 fully saturated rings. The second-order valence-electron chi connectivity index (χ2n) is 2.83. The van der Waals surface area contributed by atoms with E-state index in [0.717, 1.165) is 6.42 Å². The van der Waals surface area contributed by atoms with Gasteiger partial charge in [-0.1, -0.05) is 13.0 Å². The van der Waals surface area contributed by atoms with Gasteiger partial charge in [0.15, 0.2) is 0 Å². The minimum Gasteiger partial charge on any atom is -0.124 e. The van der Waals surface area contributed by atoms with E-state index in [4.69, 9.17) is 0 Å². The van der Waals surface area contributed by atoms with Crippen molar-refractivity contribution in [2.45, 2.75) is 23.1 Å².